The van der Waals surface area contributed by atoms with Crippen LogP contribution in [-0.2, 0) is 4.74 Å². The quantitative estimate of drug-likeness (QED) is 0.260. The van der Waals surface area contributed by atoms with E-state index in [2.05, 4.69) is 46.3 Å². The number of rotatable bonds is 12. The number of pyridine rings is 1. The molecule has 0 bridgehead atoms. The van der Waals surface area contributed by atoms with Crippen LogP contribution in [-0.4, -0.2) is 63.2 Å². The number of hydrogen-bond acceptors (Lipinski definition) is 9. The lowest BCUT2D eigenvalue weighted by Crippen LogP contribution is -2.25. The third kappa shape index (κ3) is 7.08. The molecule has 0 aliphatic carbocycles. The lowest BCUT2D eigenvalue weighted by atomic mass is 10.1. The van der Waals surface area contributed by atoms with Crippen LogP contribution in [0.5, 0.6) is 0 Å². The Morgan fingerprint density at radius 1 is 1.17 bits per heavy atom. The summed E-state index contributed by atoms with van der Waals surface area (Å²) in [5.41, 5.74) is 2.83. The van der Waals surface area contributed by atoms with Gasteiger partial charge in [0.05, 0.1) is 29.1 Å². The van der Waals surface area contributed by atoms with Crippen molar-refractivity contribution in [2.75, 3.05) is 36.9 Å². The highest BCUT2D eigenvalue weighted by molar-refractivity contribution is 5.92. The predicted octanol–water partition coefficient (Wildman–Crippen LogP) is 5.09. The number of aromatic nitrogens is 3. The van der Waals surface area contributed by atoms with E-state index in [4.69, 9.17) is 9.72 Å². The average Bonchev–Trinajstić information content (AvgIpc) is 2.86. The molecule has 2 heterocycles. The fourth-order valence-electron chi connectivity index (χ4n) is 3.83. The average molecular weight is 496 g/mol. The molecule has 11 nitrogen and oxygen atoms in total. The molecule has 1 amide bonds. The van der Waals surface area contributed by atoms with Gasteiger partial charge in [-0.2, -0.15) is 0 Å². The Kier molecular flexibility index (Phi) is 9.46. The number of hydrogen-bond donors (Lipinski definition) is 2. The van der Waals surface area contributed by atoms with Crippen LogP contribution in [0.1, 0.15) is 40.5 Å². The molecule has 3 aromatic rings. The fraction of sp³-hybridized carbons (Fsp3) is 0.440. The SMILES string of the molecule is CCOC(=O)Nc1cc(NC(C)CCCN(CC)CC)c2nc(-c3ccc([N+](=O)[O-])cc3)cnc2n1. The third-order valence-corrected chi connectivity index (χ3v) is 5.80. The van der Waals surface area contributed by atoms with Crippen LogP contribution in [0.15, 0.2) is 36.5 Å². The third-order valence-electron chi connectivity index (χ3n) is 5.80. The molecule has 0 aliphatic rings. The van der Waals surface area contributed by atoms with Gasteiger partial charge in [0.25, 0.3) is 5.69 Å². The molecule has 2 aromatic heterocycles. The number of nitrogens with zero attached hydrogens (tertiary/aromatic N) is 5. The van der Waals surface area contributed by atoms with E-state index < -0.39 is 11.0 Å². The molecule has 0 fully saturated rings. The Labute approximate surface area is 210 Å². The van der Waals surface area contributed by atoms with Crippen LogP contribution < -0.4 is 10.6 Å². The van der Waals surface area contributed by atoms with Gasteiger partial charge in [-0.05, 0) is 58.5 Å². The van der Waals surface area contributed by atoms with E-state index >= 15 is 0 Å². The van der Waals surface area contributed by atoms with Crippen molar-refractivity contribution < 1.29 is 14.5 Å². The standard InChI is InChI=1S/C25H33N7O4/c1-5-31(6-2)14-8-9-17(4)27-20-15-22(30-25(33)36-7-3)29-24-23(20)28-21(16-26-24)18-10-12-19(13-11-18)32(34)35/h10-13,15-17H,5-9,14H2,1-4H3,(H2,26,27,29,30,33). The second-order valence-electron chi connectivity index (χ2n) is 8.35. The van der Waals surface area contributed by atoms with Crippen molar-refractivity contribution in [1.29, 1.82) is 0 Å². The molecule has 0 aliphatic heterocycles. The minimum absolute atomic E-state index is 0.00439. The first kappa shape index (κ1) is 26.7. The smallest absolute Gasteiger partial charge is 0.412 e. The molecule has 3 rings (SSSR count). The summed E-state index contributed by atoms with van der Waals surface area (Å²) in [6, 6.07) is 7.99. The van der Waals surface area contributed by atoms with Gasteiger partial charge in [-0.3, -0.25) is 15.4 Å². The van der Waals surface area contributed by atoms with Gasteiger partial charge in [0.2, 0.25) is 0 Å². The number of carbonyl (C=O) groups excluding carboxylic acids is 1. The van der Waals surface area contributed by atoms with Crippen molar-refractivity contribution in [3.8, 4) is 11.3 Å². The van der Waals surface area contributed by atoms with E-state index in [1.165, 1.54) is 12.1 Å². The van der Waals surface area contributed by atoms with Gasteiger partial charge in [-0.15, -0.1) is 0 Å². The highest BCUT2D eigenvalue weighted by Gasteiger charge is 2.15. The number of amides is 1. The first-order chi connectivity index (χ1) is 17.3. The minimum Gasteiger partial charge on any atom is -0.450 e. The lowest BCUT2D eigenvalue weighted by Gasteiger charge is -2.21. The zero-order chi connectivity index (χ0) is 26.1. The molecule has 11 heteroatoms. The van der Waals surface area contributed by atoms with Gasteiger partial charge >= 0.3 is 6.09 Å². The van der Waals surface area contributed by atoms with Gasteiger partial charge in [0, 0.05) is 29.8 Å². The lowest BCUT2D eigenvalue weighted by molar-refractivity contribution is -0.384. The summed E-state index contributed by atoms with van der Waals surface area (Å²) in [5.74, 6) is 0.302. The molecule has 0 spiro atoms. The topological polar surface area (TPSA) is 135 Å². The number of ether oxygens (including phenoxy) is 1. The van der Waals surface area contributed by atoms with E-state index in [1.54, 1.807) is 31.3 Å². The maximum Gasteiger partial charge on any atom is 0.412 e. The van der Waals surface area contributed by atoms with Gasteiger partial charge in [-0.25, -0.2) is 19.7 Å². The van der Waals surface area contributed by atoms with E-state index in [0.717, 1.165) is 32.5 Å². The van der Waals surface area contributed by atoms with Crippen molar-refractivity contribution in [2.24, 2.45) is 0 Å². The number of non-ortho nitro benzene ring substituents is 1. The number of carbonyl (C=O) groups is 1. The maximum absolute atomic E-state index is 12.0. The monoisotopic (exact) mass is 495 g/mol. The van der Waals surface area contributed by atoms with E-state index in [1.807, 2.05) is 0 Å². The highest BCUT2D eigenvalue weighted by atomic mass is 16.6. The molecule has 1 atom stereocenters. The molecular weight excluding hydrogens is 462 g/mol. The zero-order valence-corrected chi connectivity index (χ0v) is 21.2. The number of benzene rings is 1. The molecule has 192 valence electrons. The van der Waals surface area contributed by atoms with Crippen LogP contribution in [0.2, 0.25) is 0 Å². The molecule has 1 aromatic carbocycles. The molecular formula is C25H33N7O4. The minimum atomic E-state index is -0.599. The van der Waals surface area contributed by atoms with Crippen LogP contribution >= 0.6 is 0 Å². The molecule has 36 heavy (non-hydrogen) atoms. The number of anilines is 2. The summed E-state index contributed by atoms with van der Waals surface area (Å²) >= 11 is 0. The van der Waals surface area contributed by atoms with Crippen molar-refractivity contribution in [2.45, 2.75) is 46.6 Å². The second kappa shape index (κ2) is 12.7. The Morgan fingerprint density at radius 3 is 2.53 bits per heavy atom. The van der Waals surface area contributed by atoms with Crippen LogP contribution in [0.25, 0.3) is 22.4 Å². The first-order valence-electron chi connectivity index (χ1n) is 12.2. The van der Waals surface area contributed by atoms with Crippen molar-refractivity contribution >= 4 is 34.4 Å². The maximum atomic E-state index is 12.0. The second-order valence-corrected chi connectivity index (χ2v) is 8.35. The van der Waals surface area contributed by atoms with Crippen LogP contribution in [0.4, 0.5) is 22.0 Å². The summed E-state index contributed by atoms with van der Waals surface area (Å²) in [5, 5.41) is 17.1. The largest absolute Gasteiger partial charge is 0.450 e. The number of nitro groups is 1. The van der Waals surface area contributed by atoms with Crippen molar-refractivity contribution in [3.63, 3.8) is 0 Å². The molecule has 0 saturated heterocycles. The highest BCUT2D eigenvalue weighted by Crippen LogP contribution is 2.28. The number of nitrogens with one attached hydrogen (secondary N) is 2. The Bertz CT molecular complexity index is 1180. The Morgan fingerprint density at radius 2 is 1.89 bits per heavy atom. The van der Waals surface area contributed by atoms with Crippen molar-refractivity contribution in [3.05, 3.63) is 46.6 Å². The summed E-state index contributed by atoms with van der Waals surface area (Å²) in [6.07, 6.45) is 2.93. The predicted molar refractivity (Wildman–Crippen MR) is 140 cm³/mol. The van der Waals surface area contributed by atoms with Gasteiger partial charge in [0.1, 0.15) is 11.3 Å². The van der Waals surface area contributed by atoms with Gasteiger partial charge < -0.3 is 15.0 Å². The summed E-state index contributed by atoms with van der Waals surface area (Å²) in [7, 11) is 0. The molecule has 0 radical (unpaired) electrons. The van der Waals surface area contributed by atoms with Crippen LogP contribution in [0, 0.1) is 10.1 Å². The zero-order valence-electron chi connectivity index (χ0n) is 21.2. The molecule has 2 N–H and O–H groups in total. The van der Waals surface area contributed by atoms with Crippen molar-refractivity contribution in [1.82, 2.24) is 19.9 Å². The van der Waals surface area contributed by atoms with Gasteiger partial charge in [-0.1, -0.05) is 13.8 Å². The normalized spacial score (nSPS) is 11.9. The summed E-state index contributed by atoms with van der Waals surface area (Å²) in [6.45, 7) is 11.5. The fourth-order valence-corrected chi connectivity index (χ4v) is 3.83. The number of fused-ring (bicyclic) bond motifs is 1. The summed E-state index contributed by atoms with van der Waals surface area (Å²) in [4.78, 5) is 38.5. The van der Waals surface area contributed by atoms with Crippen LogP contribution in [0.3, 0.4) is 0 Å². The summed E-state index contributed by atoms with van der Waals surface area (Å²) < 4.78 is 4.98. The van der Waals surface area contributed by atoms with E-state index in [-0.39, 0.29) is 18.3 Å². The number of nitro benzene ring substituents is 1. The molecule has 0 saturated carbocycles. The van der Waals surface area contributed by atoms with Gasteiger partial charge in [0.15, 0.2) is 5.65 Å². The molecule has 1 unspecified atom stereocenters. The first-order valence-corrected chi connectivity index (χ1v) is 12.2. The van der Waals surface area contributed by atoms with E-state index in [9.17, 15) is 14.9 Å². The Hall–Kier alpha value is -3.86. The van der Waals surface area contributed by atoms with E-state index in [0.29, 0.717) is 33.9 Å². The Balaban J connectivity index is 1.91.